The zero-order valence-corrected chi connectivity index (χ0v) is 11.9. The Hall–Kier alpha value is -2.27. The van der Waals surface area contributed by atoms with Crippen molar-refractivity contribution in [1.29, 1.82) is 0 Å². The van der Waals surface area contributed by atoms with Crippen LogP contribution in [0.4, 0.5) is 22.7 Å². The van der Waals surface area contributed by atoms with Gasteiger partial charge in [0.15, 0.2) is 0 Å². The van der Waals surface area contributed by atoms with Gasteiger partial charge in [-0.2, -0.15) is 5.11 Å². The second-order valence-corrected chi connectivity index (χ2v) is 3.95. The topological polar surface area (TPSA) is 86.0 Å². The summed E-state index contributed by atoms with van der Waals surface area (Å²) < 4.78 is 5.35. The number of anilines is 2. The largest absolute Gasteiger partial charge is 0.494 e. The fourth-order valence-electron chi connectivity index (χ4n) is 1.55. The van der Waals surface area contributed by atoms with Crippen molar-refractivity contribution in [2.45, 2.75) is 6.92 Å². The summed E-state index contributed by atoms with van der Waals surface area (Å²) in [7, 11) is 0. The fraction of sp³-hybridized carbons (Fsp3) is 0.143. The van der Waals surface area contributed by atoms with Crippen LogP contribution in [0.25, 0.3) is 0 Å². The van der Waals surface area contributed by atoms with E-state index >= 15 is 0 Å². The molecular formula is C14H17ClN4O. The van der Waals surface area contributed by atoms with Gasteiger partial charge in [0.05, 0.1) is 18.0 Å². The minimum Gasteiger partial charge on any atom is -0.494 e. The van der Waals surface area contributed by atoms with Gasteiger partial charge in [-0.3, -0.25) is 0 Å². The Morgan fingerprint density at radius 2 is 1.70 bits per heavy atom. The fourth-order valence-corrected chi connectivity index (χ4v) is 1.55. The minimum atomic E-state index is 0. The van der Waals surface area contributed by atoms with E-state index in [2.05, 4.69) is 10.2 Å². The molecule has 0 aliphatic rings. The lowest BCUT2D eigenvalue weighted by Gasteiger charge is -2.02. The van der Waals surface area contributed by atoms with Crippen LogP contribution in [0.1, 0.15) is 6.92 Å². The number of azo groups is 1. The molecule has 2 rings (SSSR count). The highest BCUT2D eigenvalue weighted by molar-refractivity contribution is 5.85. The van der Waals surface area contributed by atoms with Crippen molar-refractivity contribution >= 4 is 35.2 Å². The van der Waals surface area contributed by atoms with Crippen molar-refractivity contribution in [3.63, 3.8) is 0 Å². The minimum absolute atomic E-state index is 0. The number of ether oxygens (including phenoxy) is 1. The van der Waals surface area contributed by atoms with Gasteiger partial charge in [-0.25, -0.2) is 0 Å². The molecule has 6 heteroatoms. The maximum Gasteiger partial charge on any atom is 0.119 e. The quantitative estimate of drug-likeness (QED) is 0.657. The zero-order chi connectivity index (χ0) is 13.7. The molecule has 0 bridgehead atoms. The maximum atomic E-state index is 5.80. The Labute approximate surface area is 124 Å². The summed E-state index contributed by atoms with van der Waals surface area (Å²) in [6, 6.07) is 12.5. The molecule has 2 aromatic carbocycles. The number of benzene rings is 2. The average Bonchev–Trinajstić information content (AvgIpc) is 2.40. The van der Waals surface area contributed by atoms with Crippen molar-refractivity contribution in [3.8, 4) is 5.75 Å². The van der Waals surface area contributed by atoms with E-state index in [9.17, 15) is 0 Å². The molecule has 0 spiro atoms. The number of nitrogens with zero attached hydrogens (tertiary/aromatic N) is 2. The van der Waals surface area contributed by atoms with Crippen molar-refractivity contribution in [2.75, 3.05) is 18.1 Å². The Morgan fingerprint density at radius 3 is 2.30 bits per heavy atom. The van der Waals surface area contributed by atoms with Crippen molar-refractivity contribution in [3.05, 3.63) is 42.5 Å². The summed E-state index contributed by atoms with van der Waals surface area (Å²) in [6.45, 7) is 2.58. The maximum absolute atomic E-state index is 5.80. The molecule has 0 aliphatic carbocycles. The van der Waals surface area contributed by atoms with Crippen molar-refractivity contribution in [2.24, 2.45) is 10.2 Å². The van der Waals surface area contributed by atoms with Crippen molar-refractivity contribution in [1.82, 2.24) is 0 Å². The van der Waals surface area contributed by atoms with E-state index in [4.69, 9.17) is 16.2 Å². The third-order valence-electron chi connectivity index (χ3n) is 2.47. The summed E-state index contributed by atoms with van der Waals surface area (Å²) in [5.41, 5.74) is 13.9. The number of hydrogen-bond donors (Lipinski definition) is 2. The molecule has 20 heavy (non-hydrogen) atoms. The molecule has 0 fully saturated rings. The standard InChI is InChI=1S/C14H16N4O.ClH/c1-2-19-12-6-4-11(5-7-12)17-18-14-8-3-10(15)9-13(14)16;/h3-9H,2,15-16H2,1H3;1H/b18-17+;. The van der Waals surface area contributed by atoms with Crippen LogP contribution in [0.5, 0.6) is 5.75 Å². The van der Waals surface area contributed by atoms with Gasteiger partial charge in [-0.15, -0.1) is 17.5 Å². The average molecular weight is 293 g/mol. The number of nitrogens with two attached hydrogens (primary N) is 2. The first-order chi connectivity index (χ1) is 9.19. The highest BCUT2D eigenvalue weighted by Crippen LogP contribution is 2.26. The van der Waals surface area contributed by atoms with Gasteiger partial charge in [-0.1, -0.05) is 0 Å². The zero-order valence-electron chi connectivity index (χ0n) is 11.1. The predicted octanol–water partition coefficient (Wildman–Crippen LogP) is 4.09. The number of rotatable bonds is 4. The first-order valence-electron chi connectivity index (χ1n) is 5.98. The SMILES string of the molecule is CCOc1ccc(/N=N/c2ccc(N)cc2N)cc1.Cl. The molecule has 0 atom stereocenters. The van der Waals surface area contributed by atoms with Crippen molar-refractivity contribution < 1.29 is 4.74 Å². The third kappa shape index (κ3) is 4.13. The second-order valence-electron chi connectivity index (χ2n) is 3.95. The van der Waals surface area contributed by atoms with Gasteiger partial charge in [0.2, 0.25) is 0 Å². The first-order valence-corrected chi connectivity index (χ1v) is 5.98. The predicted molar refractivity (Wildman–Crippen MR) is 84.3 cm³/mol. The smallest absolute Gasteiger partial charge is 0.119 e. The molecule has 0 saturated heterocycles. The summed E-state index contributed by atoms with van der Waals surface area (Å²) in [4.78, 5) is 0. The van der Waals surface area contributed by atoms with Crippen LogP contribution in [0.2, 0.25) is 0 Å². The molecule has 0 radical (unpaired) electrons. The highest BCUT2D eigenvalue weighted by atomic mass is 35.5. The lowest BCUT2D eigenvalue weighted by atomic mass is 10.2. The Balaban J connectivity index is 0.00000200. The second kappa shape index (κ2) is 7.35. The lowest BCUT2D eigenvalue weighted by Crippen LogP contribution is -1.90. The highest BCUT2D eigenvalue weighted by Gasteiger charge is 1.98. The molecule has 0 unspecified atom stereocenters. The molecule has 5 nitrogen and oxygen atoms in total. The van der Waals surface area contributed by atoms with Crippen LogP contribution in [0.3, 0.4) is 0 Å². The molecule has 2 aromatic rings. The molecule has 0 heterocycles. The van der Waals surface area contributed by atoms with Crippen LogP contribution >= 0.6 is 12.4 Å². The van der Waals surface area contributed by atoms with Crippen LogP contribution in [-0.4, -0.2) is 6.61 Å². The summed E-state index contributed by atoms with van der Waals surface area (Å²) >= 11 is 0. The molecular weight excluding hydrogens is 276 g/mol. The molecule has 4 N–H and O–H groups in total. The Morgan fingerprint density at radius 1 is 1.00 bits per heavy atom. The monoisotopic (exact) mass is 292 g/mol. The van der Waals surface area contributed by atoms with Gasteiger partial charge in [0, 0.05) is 5.69 Å². The van der Waals surface area contributed by atoms with Crippen LogP contribution in [0, 0.1) is 0 Å². The van der Waals surface area contributed by atoms with E-state index in [1.165, 1.54) is 0 Å². The van der Waals surface area contributed by atoms with E-state index in [0.29, 0.717) is 23.7 Å². The Kier molecular flexibility index (Phi) is 5.80. The first kappa shape index (κ1) is 15.8. The molecule has 106 valence electrons. The van der Waals surface area contributed by atoms with E-state index in [0.717, 1.165) is 11.4 Å². The third-order valence-corrected chi connectivity index (χ3v) is 2.47. The summed E-state index contributed by atoms with van der Waals surface area (Å²) in [5.74, 6) is 0.813. The van der Waals surface area contributed by atoms with Gasteiger partial charge in [0.25, 0.3) is 0 Å². The van der Waals surface area contributed by atoms with E-state index in [1.54, 1.807) is 18.2 Å². The number of halogens is 1. The van der Waals surface area contributed by atoms with Crippen LogP contribution in [-0.2, 0) is 0 Å². The van der Waals surface area contributed by atoms with E-state index < -0.39 is 0 Å². The molecule has 0 aliphatic heterocycles. The number of hydrogen-bond acceptors (Lipinski definition) is 5. The van der Waals surface area contributed by atoms with Gasteiger partial charge in [0.1, 0.15) is 11.4 Å². The number of nitrogen functional groups attached to an aromatic ring is 2. The van der Waals surface area contributed by atoms with Crippen LogP contribution in [0.15, 0.2) is 52.7 Å². The van der Waals surface area contributed by atoms with E-state index in [1.807, 2.05) is 31.2 Å². The lowest BCUT2D eigenvalue weighted by molar-refractivity contribution is 0.340. The molecule has 0 amide bonds. The van der Waals surface area contributed by atoms with E-state index in [-0.39, 0.29) is 12.4 Å². The van der Waals surface area contributed by atoms with Gasteiger partial charge in [-0.05, 0) is 49.4 Å². The Bertz CT molecular complexity index is 584. The molecule has 0 saturated carbocycles. The van der Waals surface area contributed by atoms with Gasteiger partial charge < -0.3 is 16.2 Å². The van der Waals surface area contributed by atoms with Gasteiger partial charge >= 0.3 is 0 Å². The van der Waals surface area contributed by atoms with Crippen LogP contribution < -0.4 is 16.2 Å². The summed E-state index contributed by atoms with van der Waals surface area (Å²) in [6.07, 6.45) is 0. The summed E-state index contributed by atoms with van der Waals surface area (Å²) in [5, 5.41) is 8.21. The normalized spacial score (nSPS) is 10.2. The molecule has 0 aromatic heterocycles.